The number of benzene rings is 2. The number of anilines is 1. The molecule has 0 spiro atoms. The zero-order valence-corrected chi connectivity index (χ0v) is 10.9. The molecule has 0 amide bonds. The normalized spacial score (nSPS) is 9.94. The fourth-order valence-electron chi connectivity index (χ4n) is 1.86. The summed E-state index contributed by atoms with van der Waals surface area (Å²) in [7, 11) is 5.24. The second kappa shape index (κ2) is 5.45. The van der Waals surface area contributed by atoms with Crippen LogP contribution >= 0.6 is 0 Å². The van der Waals surface area contributed by atoms with Gasteiger partial charge in [0.1, 0.15) is 11.5 Å². The smallest absolute Gasteiger partial charge is 0.126 e. The molecule has 0 saturated heterocycles. The zero-order chi connectivity index (χ0) is 13.0. The van der Waals surface area contributed by atoms with Gasteiger partial charge in [0.15, 0.2) is 0 Å². The molecule has 2 aromatic carbocycles. The van der Waals surface area contributed by atoms with Gasteiger partial charge in [0.05, 0.1) is 14.2 Å². The van der Waals surface area contributed by atoms with Crippen molar-refractivity contribution in [2.24, 2.45) is 0 Å². The third kappa shape index (κ3) is 2.40. The van der Waals surface area contributed by atoms with Gasteiger partial charge in [-0.2, -0.15) is 0 Å². The number of nitrogens with one attached hydrogen (secondary N) is 1. The average Bonchev–Trinajstić information content (AvgIpc) is 2.46. The molecule has 1 N–H and O–H groups in total. The van der Waals surface area contributed by atoms with E-state index in [1.165, 1.54) is 0 Å². The van der Waals surface area contributed by atoms with Crippen LogP contribution < -0.4 is 14.8 Å². The Morgan fingerprint density at radius 3 is 2.17 bits per heavy atom. The number of rotatable bonds is 4. The minimum Gasteiger partial charge on any atom is -0.497 e. The molecule has 0 aliphatic rings. The Bertz CT molecular complexity index is 521. The van der Waals surface area contributed by atoms with E-state index in [0.29, 0.717) is 0 Å². The number of hydrogen-bond donors (Lipinski definition) is 1. The first kappa shape index (κ1) is 12.3. The molecular weight excluding hydrogens is 226 g/mol. The lowest BCUT2D eigenvalue weighted by Gasteiger charge is -2.11. The van der Waals surface area contributed by atoms with Crippen molar-refractivity contribution in [3.8, 4) is 22.6 Å². The maximum atomic E-state index is 5.38. The van der Waals surface area contributed by atoms with Crippen molar-refractivity contribution >= 4 is 5.69 Å². The van der Waals surface area contributed by atoms with Gasteiger partial charge in [-0.25, -0.2) is 0 Å². The lowest BCUT2D eigenvalue weighted by atomic mass is 10.0. The van der Waals surface area contributed by atoms with Crippen LogP contribution in [0.3, 0.4) is 0 Å². The Labute approximate surface area is 107 Å². The van der Waals surface area contributed by atoms with Gasteiger partial charge in [-0.1, -0.05) is 12.1 Å². The van der Waals surface area contributed by atoms with Gasteiger partial charge in [0.25, 0.3) is 0 Å². The molecule has 3 heteroatoms. The highest BCUT2D eigenvalue weighted by atomic mass is 16.5. The molecule has 0 bridgehead atoms. The van der Waals surface area contributed by atoms with E-state index in [1.54, 1.807) is 14.2 Å². The van der Waals surface area contributed by atoms with Crippen LogP contribution in [0.25, 0.3) is 11.1 Å². The third-order valence-electron chi connectivity index (χ3n) is 2.89. The minimum absolute atomic E-state index is 0.823. The summed E-state index contributed by atoms with van der Waals surface area (Å²) in [5.41, 5.74) is 3.21. The van der Waals surface area contributed by atoms with Crippen molar-refractivity contribution in [2.75, 3.05) is 26.6 Å². The molecule has 0 aromatic heterocycles. The molecule has 0 heterocycles. The Morgan fingerprint density at radius 1 is 0.889 bits per heavy atom. The Balaban J connectivity index is 2.46. The lowest BCUT2D eigenvalue weighted by molar-refractivity contribution is 0.404. The molecule has 0 fully saturated rings. The summed E-state index contributed by atoms with van der Waals surface area (Å²) in [6.07, 6.45) is 0. The SMILES string of the molecule is CNc1ccc(-c2cc(OC)ccc2OC)cc1. The molecule has 2 rings (SSSR count). The largest absolute Gasteiger partial charge is 0.497 e. The van der Waals surface area contributed by atoms with Crippen molar-refractivity contribution in [1.29, 1.82) is 0 Å². The highest BCUT2D eigenvalue weighted by Gasteiger charge is 2.07. The Hall–Kier alpha value is -2.16. The number of ether oxygens (including phenoxy) is 2. The number of hydrogen-bond acceptors (Lipinski definition) is 3. The second-order valence-corrected chi connectivity index (χ2v) is 3.89. The Morgan fingerprint density at radius 2 is 1.61 bits per heavy atom. The van der Waals surface area contributed by atoms with Crippen LogP contribution in [-0.4, -0.2) is 21.3 Å². The minimum atomic E-state index is 0.823. The van der Waals surface area contributed by atoms with Crippen LogP contribution in [0.5, 0.6) is 11.5 Å². The standard InChI is InChI=1S/C15H17NO2/c1-16-12-6-4-11(5-7-12)14-10-13(17-2)8-9-15(14)18-3/h4-10,16H,1-3H3. The van der Waals surface area contributed by atoms with E-state index in [9.17, 15) is 0 Å². The van der Waals surface area contributed by atoms with Crippen molar-refractivity contribution in [3.05, 3.63) is 42.5 Å². The quantitative estimate of drug-likeness (QED) is 0.892. The van der Waals surface area contributed by atoms with Gasteiger partial charge in [0, 0.05) is 18.3 Å². The molecule has 0 saturated carbocycles. The average molecular weight is 243 g/mol. The van der Waals surface area contributed by atoms with Gasteiger partial charge in [-0.15, -0.1) is 0 Å². The summed E-state index contributed by atoms with van der Waals surface area (Å²) < 4.78 is 10.6. The van der Waals surface area contributed by atoms with Crippen molar-refractivity contribution in [1.82, 2.24) is 0 Å². The zero-order valence-electron chi connectivity index (χ0n) is 10.9. The second-order valence-electron chi connectivity index (χ2n) is 3.89. The molecule has 0 aliphatic heterocycles. The van der Waals surface area contributed by atoms with Gasteiger partial charge in [0.2, 0.25) is 0 Å². The van der Waals surface area contributed by atoms with E-state index in [0.717, 1.165) is 28.3 Å². The van der Waals surface area contributed by atoms with Crippen LogP contribution in [0.4, 0.5) is 5.69 Å². The van der Waals surface area contributed by atoms with E-state index in [4.69, 9.17) is 9.47 Å². The first-order valence-electron chi connectivity index (χ1n) is 5.78. The molecule has 94 valence electrons. The van der Waals surface area contributed by atoms with Crippen molar-refractivity contribution in [2.45, 2.75) is 0 Å². The summed E-state index contributed by atoms with van der Waals surface area (Å²) in [6.45, 7) is 0. The first-order valence-corrected chi connectivity index (χ1v) is 5.78. The summed E-state index contributed by atoms with van der Waals surface area (Å²) in [6, 6.07) is 14.0. The number of methoxy groups -OCH3 is 2. The molecule has 0 radical (unpaired) electrons. The van der Waals surface area contributed by atoms with Crippen LogP contribution in [-0.2, 0) is 0 Å². The van der Waals surface area contributed by atoms with Crippen LogP contribution in [0.15, 0.2) is 42.5 Å². The van der Waals surface area contributed by atoms with Crippen molar-refractivity contribution < 1.29 is 9.47 Å². The van der Waals surface area contributed by atoms with E-state index in [1.807, 2.05) is 37.4 Å². The summed E-state index contributed by atoms with van der Waals surface area (Å²) in [4.78, 5) is 0. The van der Waals surface area contributed by atoms with E-state index >= 15 is 0 Å². The molecule has 0 atom stereocenters. The molecule has 0 aliphatic carbocycles. The monoisotopic (exact) mass is 243 g/mol. The van der Waals surface area contributed by atoms with Gasteiger partial charge >= 0.3 is 0 Å². The van der Waals surface area contributed by atoms with Gasteiger partial charge in [-0.3, -0.25) is 0 Å². The van der Waals surface area contributed by atoms with E-state index in [2.05, 4.69) is 17.4 Å². The van der Waals surface area contributed by atoms with E-state index < -0.39 is 0 Å². The lowest BCUT2D eigenvalue weighted by Crippen LogP contribution is -1.91. The predicted octanol–water partition coefficient (Wildman–Crippen LogP) is 3.41. The first-order chi connectivity index (χ1) is 8.78. The fraction of sp³-hybridized carbons (Fsp3) is 0.200. The molecule has 3 nitrogen and oxygen atoms in total. The van der Waals surface area contributed by atoms with Crippen LogP contribution in [0, 0.1) is 0 Å². The van der Waals surface area contributed by atoms with E-state index in [-0.39, 0.29) is 0 Å². The Kier molecular flexibility index (Phi) is 3.72. The molecule has 2 aromatic rings. The molecular formula is C15H17NO2. The van der Waals surface area contributed by atoms with Crippen LogP contribution in [0.2, 0.25) is 0 Å². The highest BCUT2D eigenvalue weighted by Crippen LogP contribution is 2.33. The van der Waals surface area contributed by atoms with Crippen molar-refractivity contribution in [3.63, 3.8) is 0 Å². The fourth-order valence-corrected chi connectivity index (χ4v) is 1.86. The maximum absolute atomic E-state index is 5.38. The summed E-state index contributed by atoms with van der Waals surface area (Å²) in [5, 5.41) is 3.10. The van der Waals surface area contributed by atoms with Gasteiger partial charge in [-0.05, 0) is 35.9 Å². The predicted molar refractivity (Wildman–Crippen MR) is 74.5 cm³/mol. The summed E-state index contributed by atoms with van der Waals surface area (Å²) >= 11 is 0. The highest BCUT2D eigenvalue weighted by molar-refractivity contribution is 5.73. The molecule has 18 heavy (non-hydrogen) atoms. The maximum Gasteiger partial charge on any atom is 0.126 e. The third-order valence-corrected chi connectivity index (χ3v) is 2.89. The summed E-state index contributed by atoms with van der Waals surface area (Å²) in [5.74, 6) is 1.66. The van der Waals surface area contributed by atoms with Crippen LogP contribution in [0.1, 0.15) is 0 Å². The topological polar surface area (TPSA) is 30.5 Å². The van der Waals surface area contributed by atoms with Gasteiger partial charge < -0.3 is 14.8 Å². The molecule has 0 unspecified atom stereocenters.